The summed E-state index contributed by atoms with van der Waals surface area (Å²) in [7, 11) is -2.55. The van der Waals surface area contributed by atoms with Crippen molar-refractivity contribution in [2.24, 2.45) is 0 Å². The third-order valence-corrected chi connectivity index (χ3v) is 10.6. The zero-order chi connectivity index (χ0) is 21.8. The first-order chi connectivity index (χ1) is 15.8. The van der Waals surface area contributed by atoms with Gasteiger partial charge >= 0.3 is 0 Å². The molecule has 5 aromatic rings. The van der Waals surface area contributed by atoms with Crippen molar-refractivity contribution in [3.05, 3.63) is 127 Å². The van der Waals surface area contributed by atoms with Gasteiger partial charge in [0, 0.05) is 5.56 Å². The minimum absolute atomic E-state index is 0.705. The molecule has 0 spiro atoms. The maximum absolute atomic E-state index is 4.58. The summed E-state index contributed by atoms with van der Waals surface area (Å²) in [5, 5.41) is 5.35. The summed E-state index contributed by atoms with van der Waals surface area (Å²) in [4.78, 5) is 13.2. The molecular weight excluding hydrogens is 406 g/mol. The number of aryl methyl sites for hydroxylation is 1. The Bertz CT molecular complexity index is 1230. The predicted octanol–water partition coefficient (Wildman–Crippen LogP) is 3.22. The third-order valence-electron chi connectivity index (χ3n) is 5.87. The van der Waals surface area contributed by atoms with Gasteiger partial charge in [-0.1, -0.05) is 115 Å². The Hall–Kier alpha value is -3.89. The van der Waals surface area contributed by atoms with Crippen LogP contribution in [0, 0.1) is 6.92 Å². The quantitative estimate of drug-likeness (QED) is 0.318. The van der Waals surface area contributed by atoms with E-state index >= 15 is 0 Å². The van der Waals surface area contributed by atoms with E-state index in [1.54, 1.807) is 6.33 Å². The van der Waals surface area contributed by atoms with Crippen LogP contribution < -0.4 is 20.7 Å². The zero-order valence-corrected chi connectivity index (χ0v) is 18.9. The van der Waals surface area contributed by atoms with E-state index in [1.165, 1.54) is 20.7 Å². The largest absolute Gasteiger partial charge is 0.222 e. The van der Waals surface area contributed by atoms with E-state index in [9.17, 15) is 0 Å². The van der Waals surface area contributed by atoms with Gasteiger partial charge in [0.25, 0.3) is 0 Å². The average Bonchev–Trinajstić information content (AvgIpc) is 2.87. The van der Waals surface area contributed by atoms with E-state index < -0.39 is 8.07 Å². The SMILES string of the molecule is Cc1ncnc(-c2cccc([Si](c3ccccc3)(c3ccccc3)c3ccccc3)c2)n1. The highest BCUT2D eigenvalue weighted by Crippen LogP contribution is 2.16. The van der Waals surface area contributed by atoms with Gasteiger partial charge in [-0.25, -0.2) is 15.0 Å². The van der Waals surface area contributed by atoms with Crippen LogP contribution in [0.15, 0.2) is 122 Å². The van der Waals surface area contributed by atoms with Crippen LogP contribution in [0.1, 0.15) is 5.82 Å². The fourth-order valence-electron chi connectivity index (χ4n) is 4.47. The van der Waals surface area contributed by atoms with Gasteiger partial charge in [-0.05, 0) is 27.7 Å². The molecule has 4 heteroatoms. The summed E-state index contributed by atoms with van der Waals surface area (Å²) >= 11 is 0. The van der Waals surface area contributed by atoms with Crippen molar-refractivity contribution in [3.63, 3.8) is 0 Å². The van der Waals surface area contributed by atoms with Crippen LogP contribution in [0.25, 0.3) is 11.4 Å². The Balaban J connectivity index is 1.85. The highest BCUT2D eigenvalue weighted by Gasteiger charge is 2.41. The normalized spacial score (nSPS) is 11.3. The Morgan fingerprint density at radius 2 is 1.03 bits per heavy atom. The number of rotatable bonds is 5. The third kappa shape index (κ3) is 3.55. The second-order valence-corrected chi connectivity index (χ2v) is 11.6. The Labute approximate surface area is 189 Å². The minimum atomic E-state index is -2.55. The second kappa shape index (κ2) is 8.69. The standard InChI is InChI=1S/C28H23N3Si/c1-22-29-21-30-28(31-22)23-12-11-19-27(20-23)32(24-13-5-2-6-14-24,25-15-7-3-8-16-25)26-17-9-4-10-18-26/h2-21H,1H3. The lowest BCUT2D eigenvalue weighted by molar-refractivity contribution is 0.983. The van der Waals surface area contributed by atoms with E-state index in [-0.39, 0.29) is 0 Å². The molecule has 1 aromatic heterocycles. The van der Waals surface area contributed by atoms with Gasteiger partial charge in [-0.15, -0.1) is 0 Å². The van der Waals surface area contributed by atoms with Crippen molar-refractivity contribution < 1.29 is 0 Å². The molecule has 0 atom stereocenters. The molecule has 4 aromatic carbocycles. The molecule has 0 unspecified atom stereocenters. The molecule has 0 aliphatic carbocycles. The molecule has 1 heterocycles. The van der Waals surface area contributed by atoms with Gasteiger partial charge in [0.05, 0.1) is 0 Å². The lowest BCUT2D eigenvalue weighted by Gasteiger charge is -2.34. The van der Waals surface area contributed by atoms with Gasteiger partial charge < -0.3 is 0 Å². The topological polar surface area (TPSA) is 38.7 Å². The van der Waals surface area contributed by atoms with Gasteiger partial charge in [0.2, 0.25) is 0 Å². The monoisotopic (exact) mass is 429 g/mol. The van der Waals surface area contributed by atoms with Crippen molar-refractivity contribution in [1.82, 2.24) is 15.0 Å². The van der Waals surface area contributed by atoms with Crippen molar-refractivity contribution in [1.29, 1.82) is 0 Å². The van der Waals surface area contributed by atoms with Crippen LogP contribution in [0.2, 0.25) is 0 Å². The fraction of sp³-hybridized carbons (Fsp3) is 0.0357. The van der Waals surface area contributed by atoms with Crippen LogP contribution in [-0.2, 0) is 0 Å². The molecule has 5 rings (SSSR count). The molecule has 0 amide bonds. The van der Waals surface area contributed by atoms with Gasteiger partial charge in [0.15, 0.2) is 13.9 Å². The molecule has 0 aliphatic heterocycles. The molecule has 0 saturated heterocycles. The van der Waals surface area contributed by atoms with Crippen LogP contribution >= 0.6 is 0 Å². The van der Waals surface area contributed by atoms with Gasteiger partial charge in [-0.3, -0.25) is 0 Å². The molecule has 0 radical (unpaired) electrons. The molecule has 3 nitrogen and oxygen atoms in total. The number of hydrogen-bond acceptors (Lipinski definition) is 3. The van der Waals surface area contributed by atoms with E-state index in [0.29, 0.717) is 5.82 Å². The van der Waals surface area contributed by atoms with Gasteiger partial charge in [0.1, 0.15) is 12.2 Å². The summed E-state index contributed by atoms with van der Waals surface area (Å²) in [5.41, 5.74) is 1.01. The number of aromatic nitrogens is 3. The first-order valence-electron chi connectivity index (χ1n) is 10.7. The first kappa shape index (κ1) is 20.0. The molecule has 154 valence electrons. The first-order valence-corrected chi connectivity index (χ1v) is 12.7. The molecule has 0 fully saturated rings. The van der Waals surface area contributed by atoms with E-state index in [4.69, 9.17) is 0 Å². The van der Waals surface area contributed by atoms with Crippen molar-refractivity contribution in [2.75, 3.05) is 0 Å². The molecule has 32 heavy (non-hydrogen) atoms. The van der Waals surface area contributed by atoms with Gasteiger partial charge in [-0.2, -0.15) is 0 Å². The summed E-state index contributed by atoms with van der Waals surface area (Å²) < 4.78 is 0. The maximum Gasteiger partial charge on any atom is 0.179 e. The number of nitrogens with zero attached hydrogens (tertiary/aromatic N) is 3. The number of benzene rings is 4. The molecule has 0 saturated carbocycles. The highest BCUT2D eigenvalue weighted by molar-refractivity contribution is 7.19. The Morgan fingerprint density at radius 3 is 1.53 bits per heavy atom. The lowest BCUT2D eigenvalue weighted by Crippen LogP contribution is -2.74. The van der Waals surface area contributed by atoms with Crippen molar-refractivity contribution in [2.45, 2.75) is 6.92 Å². The molecule has 0 N–H and O–H groups in total. The Morgan fingerprint density at radius 1 is 0.531 bits per heavy atom. The number of hydrogen-bond donors (Lipinski definition) is 0. The minimum Gasteiger partial charge on any atom is -0.222 e. The summed E-state index contributed by atoms with van der Waals surface area (Å²) in [6.45, 7) is 1.89. The fourth-order valence-corrected chi connectivity index (χ4v) is 9.27. The predicted molar refractivity (Wildman–Crippen MR) is 134 cm³/mol. The molecule has 0 bridgehead atoms. The van der Waals surface area contributed by atoms with E-state index in [1.807, 2.05) is 6.92 Å². The Kier molecular flexibility index (Phi) is 5.44. The smallest absolute Gasteiger partial charge is 0.179 e. The van der Waals surface area contributed by atoms with Crippen LogP contribution in [0.4, 0.5) is 0 Å². The second-order valence-electron chi connectivity index (χ2n) is 7.79. The molecule has 0 aliphatic rings. The summed E-state index contributed by atoms with van der Waals surface area (Å²) in [6.07, 6.45) is 1.58. The van der Waals surface area contributed by atoms with Crippen molar-refractivity contribution in [3.8, 4) is 11.4 Å². The maximum atomic E-state index is 4.58. The van der Waals surface area contributed by atoms with Crippen LogP contribution in [-0.4, -0.2) is 23.0 Å². The van der Waals surface area contributed by atoms with Crippen LogP contribution in [0.5, 0.6) is 0 Å². The average molecular weight is 430 g/mol. The zero-order valence-electron chi connectivity index (χ0n) is 17.9. The summed E-state index contributed by atoms with van der Waals surface area (Å²) in [5.74, 6) is 1.43. The van der Waals surface area contributed by atoms with Crippen LogP contribution in [0.3, 0.4) is 0 Å². The van der Waals surface area contributed by atoms with Crippen molar-refractivity contribution >= 4 is 28.8 Å². The van der Waals surface area contributed by atoms with E-state index in [0.717, 1.165) is 11.4 Å². The lowest BCUT2D eigenvalue weighted by atomic mass is 10.2. The molecular formula is C28H23N3Si. The summed E-state index contributed by atoms with van der Waals surface area (Å²) in [6, 6.07) is 41.5. The van der Waals surface area contributed by atoms with E-state index in [2.05, 4.69) is 130 Å². The highest BCUT2D eigenvalue weighted by atomic mass is 28.3.